The topological polar surface area (TPSA) is 58.2 Å². The Balaban J connectivity index is 1.73. The number of carbonyl (C=O) groups is 2. The molecule has 2 amide bonds. The lowest BCUT2D eigenvalue weighted by Crippen LogP contribution is -2.46. The summed E-state index contributed by atoms with van der Waals surface area (Å²) in [6.07, 6.45) is 5.33. The molecule has 0 radical (unpaired) electrons. The standard InChI is InChI=1S/C16H28N2O2/c1-10(13-8-11-5-6-12(13)7-11)18-14(19)9-17-15(20)16(2,3)4/h10-13H,5-9H2,1-4H3,(H,17,20)(H,18,19)/t10-,11+,12+,13+/m1/s1. The van der Waals surface area contributed by atoms with Crippen LogP contribution in [0, 0.1) is 23.2 Å². The summed E-state index contributed by atoms with van der Waals surface area (Å²) in [6.45, 7) is 7.73. The second-order valence-electron chi connectivity index (χ2n) is 7.63. The molecule has 2 rings (SSSR count). The molecule has 114 valence electrons. The maximum Gasteiger partial charge on any atom is 0.239 e. The molecule has 2 aliphatic rings. The van der Waals surface area contributed by atoms with Gasteiger partial charge >= 0.3 is 0 Å². The fraction of sp³-hybridized carbons (Fsp3) is 0.875. The molecule has 0 unspecified atom stereocenters. The highest BCUT2D eigenvalue weighted by Crippen LogP contribution is 2.49. The molecule has 0 spiro atoms. The first-order valence-electron chi connectivity index (χ1n) is 7.85. The Morgan fingerprint density at radius 3 is 2.40 bits per heavy atom. The zero-order valence-corrected chi connectivity index (χ0v) is 13.2. The fourth-order valence-electron chi connectivity index (χ4n) is 3.74. The zero-order valence-electron chi connectivity index (χ0n) is 13.2. The van der Waals surface area contributed by atoms with Crippen molar-refractivity contribution in [2.45, 2.75) is 59.4 Å². The Kier molecular flexibility index (Phi) is 4.40. The highest BCUT2D eigenvalue weighted by molar-refractivity contribution is 5.87. The molecule has 2 saturated carbocycles. The maximum atomic E-state index is 11.9. The zero-order chi connectivity index (χ0) is 14.9. The molecule has 4 atom stereocenters. The summed E-state index contributed by atoms with van der Waals surface area (Å²) in [7, 11) is 0. The lowest BCUT2D eigenvalue weighted by atomic mass is 9.84. The minimum Gasteiger partial charge on any atom is -0.352 e. The third-order valence-electron chi connectivity index (χ3n) is 4.91. The van der Waals surface area contributed by atoms with Gasteiger partial charge in [-0.05, 0) is 43.9 Å². The van der Waals surface area contributed by atoms with Gasteiger partial charge in [0.1, 0.15) is 0 Å². The van der Waals surface area contributed by atoms with E-state index in [-0.39, 0.29) is 24.4 Å². The predicted octanol–water partition coefficient (Wildman–Crippen LogP) is 2.09. The average molecular weight is 280 g/mol. The Morgan fingerprint density at radius 2 is 1.90 bits per heavy atom. The van der Waals surface area contributed by atoms with Gasteiger partial charge in [-0.3, -0.25) is 9.59 Å². The number of nitrogens with one attached hydrogen (secondary N) is 2. The van der Waals surface area contributed by atoms with Crippen molar-refractivity contribution in [2.75, 3.05) is 6.54 Å². The van der Waals surface area contributed by atoms with E-state index in [1.54, 1.807) is 0 Å². The molecule has 2 N–H and O–H groups in total. The SMILES string of the molecule is C[C@@H](NC(=O)CNC(=O)C(C)(C)C)[C@@H]1C[C@H]2CC[C@H]1C2. The molecule has 0 aromatic rings. The van der Waals surface area contributed by atoms with Crippen LogP contribution in [0.4, 0.5) is 0 Å². The van der Waals surface area contributed by atoms with Crippen LogP contribution in [0.1, 0.15) is 53.4 Å². The molecular formula is C16H28N2O2. The van der Waals surface area contributed by atoms with Crippen LogP contribution in [0.3, 0.4) is 0 Å². The van der Waals surface area contributed by atoms with E-state index in [0.717, 1.165) is 11.8 Å². The van der Waals surface area contributed by atoms with Gasteiger partial charge in [-0.15, -0.1) is 0 Å². The molecule has 2 fully saturated rings. The van der Waals surface area contributed by atoms with Crippen molar-refractivity contribution in [3.05, 3.63) is 0 Å². The summed E-state index contributed by atoms with van der Waals surface area (Å²) >= 11 is 0. The molecule has 2 bridgehead atoms. The monoisotopic (exact) mass is 280 g/mol. The maximum absolute atomic E-state index is 11.9. The average Bonchev–Trinajstić information content (AvgIpc) is 2.96. The summed E-state index contributed by atoms with van der Waals surface area (Å²) in [5.41, 5.74) is -0.448. The van der Waals surface area contributed by atoms with Crippen LogP contribution < -0.4 is 10.6 Å². The van der Waals surface area contributed by atoms with Crippen LogP contribution in [0.5, 0.6) is 0 Å². The number of fused-ring (bicyclic) bond motifs is 2. The molecule has 0 heterocycles. The van der Waals surface area contributed by atoms with E-state index in [4.69, 9.17) is 0 Å². The minimum atomic E-state index is -0.448. The predicted molar refractivity (Wildman–Crippen MR) is 79.0 cm³/mol. The van der Waals surface area contributed by atoms with E-state index < -0.39 is 5.41 Å². The summed E-state index contributed by atoms with van der Waals surface area (Å²) < 4.78 is 0. The highest BCUT2D eigenvalue weighted by atomic mass is 16.2. The van der Waals surface area contributed by atoms with E-state index in [0.29, 0.717) is 5.92 Å². The fourth-order valence-corrected chi connectivity index (χ4v) is 3.74. The van der Waals surface area contributed by atoms with Crippen molar-refractivity contribution in [1.29, 1.82) is 0 Å². The van der Waals surface area contributed by atoms with Crippen LogP contribution >= 0.6 is 0 Å². The number of rotatable bonds is 4. The van der Waals surface area contributed by atoms with Crippen molar-refractivity contribution in [3.8, 4) is 0 Å². The van der Waals surface area contributed by atoms with E-state index in [9.17, 15) is 9.59 Å². The second kappa shape index (κ2) is 5.74. The smallest absolute Gasteiger partial charge is 0.239 e. The number of hydrogen-bond donors (Lipinski definition) is 2. The lowest BCUT2D eigenvalue weighted by Gasteiger charge is -2.28. The van der Waals surface area contributed by atoms with Crippen molar-refractivity contribution < 1.29 is 9.59 Å². The van der Waals surface area contributed by atoms with Gasteiger partial charge in [-0.2, -0.15) is 0 Å². The first-order valence-corrected chi connectivity index (χ1v) is 7.85. The Labute approximate surface area is 122 Å². The Morgan fingerprint density at radius 1 is 1.20 bits per heavy atom. The Bertz CT molecular complexity index is 386. The number of hydrogen-bond acceptors (Lipinski definition) is 2. The minimum absolute atomic E-state index is 0.0714. The largest absolute Gasteiger partial charge is 0.352 e. The van der Waals surface area contributed by atoms with Gasteiger partial charge in [0.2, 0.25) is 11.8 Å². The van der Waals surface area contributed by atoms with E-state index in [2.05, 4.69) is 17.6 Å². The molecule has 2 aliphatic carbocycles. The van der Waals surface area contributed by atoms with Crippen LogP contribution in [0.2, 0.25) is 0 Å². The van der Waals surface area contributed by atoms with Gasteiger partial charge in [-0.25, -0.2) is 0 Å². The first-order chi connectivity index (χ1) is 9.27. The van der Waals surface area contributed by atoms with Gasteiger partial charge in [0, 0.05) is 11.5 Å². The summed E-state index contributed by atoms with van der Waals surface area (Å²) in [4.78, 5) is 23.6. The molecular weight excluding hydrogens is 252 g/mol. The lowest BCUT2D eigenvalue weighted by molar-refractivity contribution is -0.131. The molecule has 0 aromatic carbocycles. The van der Waals surface area contributed by atoms with Gasteiger partial charge in [0.05, 0.1) is 6.54 Å². The molecule has 0 saturated heterocycles. The van der Waals surface area contributed by atoms with Gasteiger partial charge in [0.15, 0.2) is 0 Å². The third-order valence-corrected chi connectivity index (χ3v) is 4.91. The normalized spacial score (nSPS) is 30.1. The first kappa shape index (κ1) is 15.3. The summed E-state index contributed by atoms with van der Waals surface area (Å²) in [6, 6.07) is 0.226. The molecule has 0 aliphatic heterocycles. The van der Waals surface area contributed by atoms with Crippen LogP contribution in [0.15, 0.2) is 0 Å². The van der Waals surface area contributed by atoms with Crippen molar-refractivity contribution >= 4 is 11.8 Å². The van der Waals surface area contributed by atoms with Crippen molar-refractivity contribution in [2.24, 2.45) is 23.2 Å². The van der Waals surface area contributed by atoms with Crippen LogP contribution in [-0.2, 0) is 9.59 Å². The van der Waals surface area contributed by atoms with Gasteiger partial charge < -0.3 is 10.6 Å². The third kappa shape index (κ3) is 3.53. The quantitative estimate of drug-likeness (QED) is 0.828. The molecule has 4 nitrogen and oxygen atoms in total. The molecule has 4 heteroatoms. The second-order valence-corrected chi connectivity index (χ2v) is 7.63. The summed E-state index contributed by atoms with van der Waals surface area (Å²) in [5.74, 6) is 2.18. The summed E-state index contributed by atoms with van der Waals surface area (Å²) in [5, 5.41) is 5.76. The number of carbonyl (C=O) groups excluding carboxylic acids is 2. The van der Waals surface area contributed by atoms with E-state index in [1.807, 2.05) is 20.8 Å². The highest BCUT2D eigenvalue weighted by Gasteiger charge is 2.42. The van der Waals surface area contributed by atoms with Crippen molar-refractivity contribution in [3.63, 3.8) is 0 Å². The van der Waals surface area contributed by atoms with Gasteiger partial charge in [-0.1, -0.05) is 27.2 Å². The van der Waals surface area contributed by atoms with Gasteiger partial charge in [0.25, 0.3) is 0 Å². The van der Waals surface area contributed by atoms with E-state index in [1.165, 1.54) is 25.7 Å². The van der Waals surface area contributed by atoms with E-state index >= 15 is 0 Å². The number of amides is 2. The molecule has 20 heavy (non-hydrogen) atoms. The van der Waals surface area contributed by atoms with Crippen molar-refractivity contribution in [1.82, 2.24) is 10.6 Å². The Hall–Kier alpha value is -1.06. The molecule has 0 aromatic heterocycles. The van der Waals surface area contributed by atoms with Crippen LogP contribution in [-0.4, -0.2) is 24.4 Å². The van der Waals surface area contributed by atoms with Crippen LogP contribution in [0.25, 0.3) is 0 Å².